The summed E-state index contributed by atoms with van der Waals surface area (Å²) in [4.78, 5) is 15.6. The summed E-state index contributed by atoms with van der Waals surface area (Å²) in [5.41, 5.74) is 8.50. The normalized spacial score (nSPS) is 18.4. The van der Waals surface area contributed by atoms with Crippen LogP contribution in [0.15, 0.2) is 24.8 Å². The number of H-pyrrole nitrogens is 1. The van der Waals surface area contributed by atoms with E-state index in [4.69, 9.17) is 9.72 Å². The third-order valence-electron chi connectivity index (χ3n) is 8.49. The molecule has 4 aromatic heterocycles. The van der Waals surface area contributed by atoms with Gasteiger partial charge in [-0.1, -0.05) is 20.8 Å². The third kappa shape index (κ3) is 3.97. The Morgan fingerprint density at radius 2 is 1.94 bits per heavy atom. The minimum absolute atomic E-state index is 0.372. The fourth-order valence-electron chi connectivity index (χ4n) is 6.30. The summed E-state index contributed by atoms with van der Waals surface area (Å²) in [5.74, 6) is 2.34. The number of hydrogen-bond donors (Lipinski definition) is 1. The molecule has 2 saturated heterocycles. The van der Waals surface area contributed by atoms with E-state index in [1.165, 1.54) is 42.2 Å². The molecule has 0 unspecified atom stereocenters. The molecule has 0 saturated carbocycles. The van der Waals surface area contributed by atoms with Crippen molar-refractivity contribution < 1.29 is 4.74 Å². The van der Waals surface area contributed by atoms with Gasteiger partial charge in [0.25, 0.3) is 0 Å². The summed E-state index contributed by atoms with van der Waals surface area (Å²) in [7, 11) is 0. The van der Waals surface area contributed by atoms with Gasteiger partial charge in [-0.15, -0.1) is 0 Å². The van der Waals surface area contributed by atoms with Crippen molar-refractivity contribution in [2.75, 3.05) is 31.2 Å². The molecule has 0 radical (unpaired) electrons. The van der Waals surface area contributed by atoms with Gasteiger partial charge in [-0.2, -0.15) is 5.10 Å². The SMILES string of the molecule is Cc1c(N2CCC(CCC3(C)COC3)CC2)ncc2[nH]c(-c3cc(C)c4ncnn4c3)c(C(C)C)c12. The van der Waals surface area contributed by atoms with Crippen LogP contribution in [0.1, 0.15) is 69.1 Å². The van der Waals surface area contributed by atoms with Crippen LogP contribution in [0.5, 0.6) is 0 Å². The summed E-state index contributed by atoms with van der Waals surface area (Å²) < 4.78 is 7.33. The van der Waals surface area contributed by atoms with Crippen LogP contribution in [-0.4, -0.2) is 50.9 Å². The van der Waals surface area contributed by atoms with Gasteiger partial charge in [0.2, 0.25) is 0 Å². The first-order chi connectivity index (χ1) is 17.3. The van der Waals surface area contributed by atoms with Crippen molar-refractivity contribution >= 4 is 22.4 Å². The molecule has 7 nitrogen and oxygen atoms in total. The summed E-state index contributed by atoms with van der Waals surface area (Å²) >= 11 is 0. The van der Waals surface area contributed by atoms with E-state index in [0.29, 0.717) is 11.3 Å². The lowest BCUT2D eigenvalue weighted by molar-refractivity contribution is -0.108. The van der Waals surface area contributed by atoms with Gasteiger partial charge in [-0.05, 0) is 68.6 Å². The van der Waals surface area contributed by atoms with Gasteiger partial charge >= 0.3 is 0 Å². The number of anilines is 1. The highest BCUT2D eigenvalue weighted by Crippen LogP contribution is 2.40. The lowest BCUT2D eigenvalue weighted by atomic mass is 9.79. The largest absolute Gasteiger partial charge is 0.380 e. The Bertz CT molecular complexity index is 1400. The smallest absolute Gasteiger partial charge is 0.158 e. The fourth-order valence-corrected chi connectivity index (χ4v) is 6.30. The molecular weight excluding hydrogens is 448 g/mol. The molecule has 1 N–H and O–H groups in total. The molecule has 2 fully saturated rings. The Morgan fingerprint density at radius 1 is 1.17 bits per heavy atom. The second-order valence-electron chi connectivity index (χ2n) is 11.8. The highest BCUT2D eigenvalue weighted by Gasteiger charge is 2.34. The Morgan fingerprint density at radius 3 is 2.64 bits per heavy atom. The van der Waals surface area contributed by atoms with Crippen LogP contribution in [0.3, 0.4) is 0 Å². The van der Waals surface area contributed by atoms with E-state index < -0.39 is 0 Å². The van der Waals surface area contributed by atoms with Crippen molar-refractivity contribution in [2.24, 2.45) is 11.3 Å². The second-order valence-corrected chi connectivity index (χ2v) is 11.8. The van der Waals surface area contributed by atoms with Gasteiger partial charge in [0.15, 0.2) is 5.65 Å². The van der Waals surface area contributed by atoms with Crippen LogP contribution < -0.4 is 4.90 Å². The Balaban J connectivity index is 1.30. The van der Waals surface area contributed by atoms with Gasteiger partial charge in [0, 0.05) is 41.2 Å². The number of nitrogens with one attached hydrogen (secondary N) is 1. The highest BCUT2D eigenvalue weighted by molar-refractivity contribution is 5.95. The van der Waals surface area contributed by atoms with E-state index in [1.54, 1.807) is 6.33 Å². The molecule has 2 aliphatic heterocycles. The molecule has 0 aliphatic carbocycles. The maximum Gasteiger partial charge on any atom is 0.158 e. The van der Waals surface area contributed by atoms with Crippen molar-refractivity contribution in [2.45, 2.75) is 66.2 Å². The zero-order valence-corrected chi connectivity index (χ0v) is 22.3. The summed E-state index contributed by atoms with van der Waals surface area (Å²) in [6.45, 7) is 15.4. The fraction of sp³-hybridized carbons (Fsp3) is 0.552. The molecule has 0 atom stereocenters. The lowest BCUT2D eigenvalue weighted by Gasteiger charge is -2.40. The van der Waals surface area contributed by atoms with Crippen LogP contribution in [0.25, 0.3) is 27.8 Å². The minimum Gasteiger partial charge on any atom is -0.380 e. The number of aromatic amines is 1. The van der Waals surface area contributed by atoms with Crippen LogP contribution >= 0.6 is 0 Å². The van der Waals surface area contributed by atoms with E-state index >= 15 is 0 Å². The van der Waals surface area contributed by atoms with E-state index in [2.05, 4.69) is 66.8 Å². The molecule has 2 aliphatic rings. The van der Waals surface area contributed by atoms with Crippen LogP contribution in [0.4, 0.5) is 5.82 Å². The highest BCUT2D eigenvalue weighted by atomic mass is 16.5. The number of aromatic nitrogens is 5. The predicted molar refractivity (Wildman–Crippen MR) is 145 cm³/mol. The number of nitrogens with zero attached hydrogens (tertiary/aromatic N) is 5. The maximum atomic E-state index is 5.45. The standard InChI is InChI=1S/C29H38N6O/c1-18(2)24-25-20(4)28(34-10-7-21(8-11-34)6-9-29(5)15-36-16-29)30-13-23(25)33-26(24)22-12-19(3)27-31-17-32-35(27)14-22/h12-14,17-18,21,33H,6-11,15-16H2,1-5H3. The number of pyridine rings is 2. The molecule has 36 heavy (non-hydrogen) atoms. The molecule has 6 heterocycles. The van der Waals surface area contributed by atoms with Crippen LogP contribution in [0, 0.1) is 25.2 Å². The Labute approximate surface area is 213 Å². The number of aryl methyl sites for hydroxylation is 2. The lowest BCUT2D eigenvalue weighted by Crippen LogP contribution is -2.40. The second kappa shape index (κ2) is 8.87. The number of hydrogen-bond acceptors (Lipinski definition) is 5. The van der Waals surface area contributed by atoms with Crippen LogP contribution in [0.2, 0.25) is 0 Å². The average Bonchev–Trinajstić information content (AvgIpc) is 3.48. The van der Waals surface area contributed by atoms with Crippen LogP contribution in [-0.2, 0) is 4.74 Å². The molecular formula is C29H38N6O. The number of fused-ring (bicyclic) bond motifs is 2. The Hall–Kier alpha value is -2.93. The number of piperidine rings is 1. The number of ether oxygens (including phenoxy) is 1. The van der Waals surface area contributed by atoms with Crippen molar-refractivity contribution in [1.82, 2.24) is 24.6 Å². The summed E-state index contributed by atoms with van der Waals surface area (Å²) in [6.07, 6.45) is 10.9. The monoisotopic (exact) mass is 486 g/mol. The first-order valence-electron chi connectivity index (χ1n) is 13.5. The zero-order chi connectivity index (χ0) is 25.0. The zero-order valence-electron chi connectivity index (χ0n) is 22.3. The van der Waals surface area contributed by atoms with Crippen molar-refractivity contribution in [3.63, 3.8) is 0 Å². The molecule has 0 amide bonds. The first-order valence-corrected chi connectivity index (χ1v) is 13.5. The number of rotatable bonds is 6. The van der Waals surface area contributed by atoms with Gasteiger partial charge in [-0.25, -0.2) is 14.5 Å². The molecule has 6 rings (SSSR count). The molecule has 4 aromatic rings. The maximum absolute atomic E-state index is 5.45. The molecule has 7 heteroatoms. The van der Waals surface area contributed by atoms with Gasteiger partial charge in [0.05, 0.1) is 30.6 Å². The van der Waals surface area contributed by atoms with E-state index in [-0.39, 0.29) is 0 Å². The van der Waals surface area contributed by atoms with E-state index in [0.717, 1.165) is 66.0 Å². The molecule has 0 bridgehead atoms. The van der Waals surface area contributed by atoms with E-state index in [9.17, 15) is 0 Å². The molecule has 0 aromatic carbocycles. The van der Waals surface area contributed by atoms with Crippen molar-refractivity contribution in [1.29, 1.82) is 0 Å². The molecule has 190 valence electrons. The topological polar surface area (TPSA) is 71.3 Å². The first kappa shape index (κ1) is 23.5. The van der Waals surface area contributed by atoms with Gasteiger partial charge < -0.3 is 14.6 Å². The minimum atomic E-state index is 0.372. The van der Waals surface area contributed by atoms with Crippen molar-refractivity contribution in [3.8, 4) is 11.3 Å². The van der Waals surface area contributed by atoms with E-state index in [1.807, 2.05) is 10.7 Å². The summed E-state index contributed by atoms with van der Waals surface area (Å²) in [5, 5.41) is 5.71. The Kier molecular flexibility index (Phi) is 5.78. The van der Waals surface area contributed by atoms with Gasteiger partial charge in [-0.3, -0.25) is 0 Å². The molecule has 0 spiro atoms. The quantitative estimate of drug-likeness (QED) is 0.359. The van der Waals surface area contributed by atoms with Gasteiger partial charge in [0.1, 0.15) is 12.1 Å². The predicted octanol–water partition coefficient (Wildman–Crippen LogP) is 6.05. The summed E-state index contributed by atoms with van der Waals surface area (Å²) in [6, 6.07) is 2.21. The van der Waals surface area contributed by atoms with Crippen molar-refractivity contribution in [3.05, 3.63) is 41.5 Å². The average molecular weight is 487 g/mol. The third-order valence-corrected chi connectivity index (χ3v) is 8.49.